The second-order valence-corrected chi connectivity index (χ2v) is 7.12. The van der Waals surface area contributed by atoms with E-state index in [2.05, 4.69) is 10.4 Å². The quantitative estimate of drug-likeness (QED) is 0.766. The summed E-state index contributed by atoms with van der Waals surface area (Å²) in [4.78, 5) is 23.3. The van der Waals surface area contributed by atoms with Crippen LogP contribution in [0.25, 0.3) is 5.69 Å². The Morgan fingerprint density at radius 3 is 2.56 bits per heavy atom. The molecule has 0 spiro atoms. The molecule has 2 amide bonds. The zero-order valence-corrected chi connectivity index (χ0v) is 15.9. The summed E-state index contributed by atoms with van der Waals surface area (Å²) in [6, 6.07) is 9.06. The molecule has 1 aliphatic rings. The molecule has 7 nitrogen and oxygen atoms in total. The van der Waals surface area contributed by atoms with Crippen molar-refractivity contribution in [2.45, 2.75) is 45.3 Å². The van der Waals surface area contributed by atoms with E-state index in [1.807, 2.05) is 37.3 Å². The van der Waals surface area contributed by atoms with Crippen molar-refractivity contribution in [2.75, 3.05) is 0 Å². The van der Waals surface area contributed by atoms with E-state index in [-0.39, 0.29) is 24.5 Å². The van der Waals surface area contributed by atoms with Gasteiger partial charge in [-0.1, -0.05) is 29.8 Å². The Morgan fingerprint density at radius 1 is 1.26 bits per heavy atom. The average Bonchev–Trinajstić information content (AvgIpc) is 2.94. The summed E-state index contributed by atoms with van der Waals surface area (Å²) in [6.07, 6.45) is 2.77. The molecule has 1 saturated carbocycles. The monoisotopic (exact) mass is 390 g/mol. The van der Waals surface area contributed by atoms with Gasteiger partial charge in [0.15, 0.2) is 0 Å². The number of halogens is 1. The number of rotatable bonds is 5. The van der Waals surface area contributed by atoms with Gasteiger partial charge in [0.1, 0.15) is 11.8 Å². The number of hydrogen-bond acceptors (Lipinski definition) is 4. The summed E-state index contributed by atoms with van der Waals surface area (Å²) >= 11 is 6.46. The van der Waals surface area contributed by atoms with Crippen LogP contribution in [-0.4, -0.2) is 27.8 Å². The van der Waals surface area contributed by atoms with Crippen molar-refractivity contribution >= 4 is 23.6 Å². The molecule has 0 radical (unpaired) electrons. The van der Waals surface area contributed by atoms with Gasteiger partial charge in [0, 0.05) is 11.6 Å². The Hall–Kier alpha value is -2.54. The number of urea groups is 1. The lowest BCUT2D eigenvalue weighted by molar-refractivity contribution is -0.151. The standard InChI is InChI=1S/C19H23ClN4O3/c1-12-16(17(20)24(23-12)15-5-3-2-4-6-15)11-27-18(25)13-7-9-14(10-8-13)22-19(21)26/h2-6,13-14H,7-11H2,1H3,(H3,21,22,26). The number of para-hydroxylation sites is 1. The highest BCUT2D eigenvalue weighted by Gasteiger charge is 2.28. The molecule has 1 fully saturated rings. The molecule has 144 valence electrons. The third-order valence-electron chi connectivity index (χ3n) is 4.89. The minimum absolute atomic E-state index is 0.0346. The van der Waals surface area contributed by atoms with Crippen LogP contribution in [0.1, 0.15) is 36.9 Å². The van der Waals surface area contributed by atoms with E-state index in [9.17, 15) is 9.59 Å². The van der Waals surface area contributed by atoms with Crippen LogP contribution in [-0.2, 0) is 16.1 Å². The van der Waals surface area contributed by atoms with Crippen molar-refractivity contribution < 1.29 is 14.3 Å². The van der Waals surface area contributed by atoms with E-state index >= 15 is 0 Å². The van der Waals surface area contributed by atoms with Crippen LogP contribution in [0, 0.1) is 12.8 Å². The van der Waals surface area contributed by atoms with Crippen LogP contribution < -0.4 is 11.1 Å². The van der Waals surface area contributed by atoms with Crippen molar-refractivity contribution in [3.63, 3.8) is 0 Å². The fourth-order valence-electron chi connectivity index (χ4n) is 3.37. The van der Waals surface area contributed by atoms with E-state index in [1.54, 1.807) is 4.68 Å². The van der Waals surface area contributed by atoms with Gasteiger partial charge in [-0.05, 0) is 44.7 Å². The SMILES string of the molecule is Cc1nn(-c2ccccc2)c(Cl)c1COC(=O)C1CCC(NC(N)=O)CC1. The normalized spacial score (nSPS) is 19.5. The number of carbonyl (C=O) groups is 2. The predicted octanol–water partition coefficient (Wildman–Crippen LogP) is 3.10. The number of nitrogens with two attached hydrogens (primary N) is 1. The molecule has 1 heterocycles. The van der Waals surface area contributed by atoms with Crippen molar-refractivity contribution in [1.29, 1.82) is 0 Å². The molecule has 1 aromatic carbocycles. The third kappa shape index (κ3) is 4.60. The van der Waals surface area contributed by atoms with Gasteiger partial charge in [0.2, 0.25) is 0 Å². The van der Waals surface area contributed by atoms with E-state index in [0.717, 1.165) is 11.4 Å². The lowest BCUT2D eigenvalue weighted by Gasteiger charge is -2.27. The van der Waals surface area contributed by atoms with E-state index in [0.29, 0.717) is 36.4 Å². The first kappa shape index (κ1) is 19.2. The first-order valence-electron chi connectivity index (χ1n) is 8.97. The Kier molecular flexibility index (Phi) is 6.01. The average molecular weight is 391 g/mol. The highest BCUT2D eigenvalue weighted by Crippen LogP contribution is 2.28. The number of nitrogens with zero attached hydrogens (tertiary/aromatic N) is 2. The van der Waals surface area contributed by atoms with Gasteiger partial charge >= 0.3 is 12.0 Å². The number of nitrogens with one attached hydrogen (secondary N) is 1. The Bertz CT molecular complexity index is 814. The zero-order valence-electron chi connectivity index (χ0n) is 15.2. The molecular weight excluding hydrogens is 368 g/mol. The van der Waals surface area contributed by atoms with Gasteiger partial charge < -0.3 is 15.8 Å². The molecule has 0 saturated heterocycles. The maximum atomic E-state index is 12.4. The molecule has 8 heteroatoms. The van der Waals surface area contributed by atoms with Gasteiger partial charge in [-0.2, -0.15) is 5.10 Å². The summed E-state index contributed by atoms with van der Waals surface area (Å²) in [5, 5.41) is 7.59. The molecule has 0 atom stereocenters. The lowest BCUT2D eigenvalue weighted by Crippen LogP contribution is -2.41. The summed E-state index contributed by atoms with van der Waals surface area (Å²) in [5.41, 5.74) is 7.42. The highest BCUT2D eigenvalue weighted by atomic mass is 35.5. The first-order chi connectivity index (χ1) is 13.0. The number of carbonyl (C=O) groups excluding carboxylic acids is 2. The number of aryl methyl sites for hydroxylation is 1. The van der Waals surface area contributed by atoms with Gasteiger partial charge in [-0.3, -0.25) is 4.79 Å². The van der Waals surface area contributed by atoms with Crippen LogP contribution in [0.3, 0.4) is 0 Å². The molecule has 0 bridgehead atoms. The van der Waals surface area contributed by atoms with E-state index < -0.39 is 6.03 Å². The van der Waals surface area contributed by atoms with Gasteiger partial charge in [0.05, 0.1) is 17.3 Å². The van der Waals surface area contributed by atoms with E-state index in [1.165, 1.54) is 0 Å². The van der Waals surface area contributed by atoms with Crippen LogP contribution in [0.5, 0.6) is 0 Å². The van der Waals surface area contributed by atoms with Crippen LogP contribution >= 0.6 is 11.6 Å². The second-order valence-electron chi connectivity index (χ2n) is 6.77. The summed E-state index contributed by atoms with van der Waals surface area (Å²) in [7, 11) is 0. The highest BCUT2D eigenvalue weighted by molar-refractivity contribution is 6.30. The summed E-state index contributed by atoms with van der Waals surface area (Å²) in [5.74, 6) is -0.408. The number of aromatic nitrogens is 2. The second kappa shape index (κ2) is 8.43. The molecule has 2 aromatic rings. The molecule has 3 rings (SSSR count). The first-order valence-corrected chi connectivity index (χ1v) is 9.35. The molecule has 1 aliphatic carbocycles. The largest absolute Gasteiger partial charge is 0.460 e. The Morgan fingerprint density at radius 2 is 1.93 bits per heavy atom. The summed E-state index contributed by atoms with van der Waals surface area (Å²) in [6.45, 7) is 1.94. The third-order valence-corrected chi connectivity index (χ3v) is 5.28. The molecule has 3 N–H and O–H groups in total. The maximum Gasteiger partial charge on any atom is 0.312 e. The van der Waals surface area contributed by atoms with Crippen molar-refractivity contribution in [1.82, 2.24) is 15.1 Å². The van der Waals surface area contributed by atoms with Crippen molar-refractivity contribution in [2.24, 2.45) is 11.7 Å². The number of primary amides is 1. The van der Waals surface area contributed by atoms with Gasteiger partial charge in [-0.25, -0.2) is 9.48 Å². The Labute approximate surface area is 162 Å². The number of ether oxygens (including phenoxy) is 1. The van der Waals surface area contributed by atoms with Gasteiger partial charge in [0.25, 0.3) is 0 Å². The number of hydrogen-bond donors (Lipinski definition) is 2. The number of amides is 2. The minimum Gasteiger partial charge on any atom is -0.460 e. The molecule has 0 unspecified atom stereocenters. The molecule has 0 aliphatic heterocycles. The van der Waals surface area contributed by atoms with E-state index in [4.69, 9.17) is 22.1 Å². The minimum atomic E-state index is -0.526. The molecular formula is C19H23ClN4O3. The van der Waals surface area contributed by atoms with Crippen LogP contribution in [0.15, 0.2) is 30.3 Å². The zero-order chi connectivity index (χ0) is 19.4. The number of esters is 1. The number of benzene rings is 1. The molecule has 27 heavy (non-hydrogen) atoms. The van der Waals surface area contributed by atoms with Gasteiger partial charge in [-0.15, -0.1) is 0 Å². The molecule has 1 aromatic heterocycles. The summed E-state index contributed by atoms with van der Waals surface area (Å²) < 4.78 is 7.15. The maximum absolute atomic E-state index is 12.4. The lowest BCUT2D eigenvalue weighted by atomic mass is 9.86. The fraction of sp³-hybridized carbons (Fsp3) is 0.421. The predicted molar refractivity (Wildman–Crippen MR) is 102 cm³/mol. The fourth-order valence-corrected chi connectivity index (χ4v) is 3.70. The Balaban J connectivity index is 1.58. The van der Waals surface area contributed by atoms with Crippen molar-refractivity contribution in [3.05, 3.63) is 46.7 Å². The van der Waals surface area contributed by atoms with Crippen LogP contribution in [0.2, 0.25) is 5.15 Å². The smallest absolute Gasteiger partial charge is 0.312 e. The topological polar surface area (TPSA) is 99.2 Å². The van der Waals surface area contributed by atoms with Crippen molar-refractivity contribution in [3.8, 4) is 5.69 Å². The van der Waals surface area contributed by atoms with Crippen LogP contribution in [0.4, 0.5) is 4.79 Å².